The summed E-state index contributed by atoms with van der Waals surface area (Å²) in [5.41, 5.74) is 1.08. The van der Waals surface area contributed by atoms with Crippen LogP contribution >= 0.6 is 0 Å². The van der Waals surface area contributed by atoms with Gasteiger partial charge in [0.15, 0.2) is 0 Å². The van der Waals surface area contributed by atoms with Gasteiger partial charge in [0, 0.05) is 25.6 Å². The summed E-state index contributed by atoms with van der Waals surface area (Å²) < 4.78 is 39.1. The van der Waals surface area contributed by atoms with E-state index in [-0.39, 0.29) is 29.2 Å². The topological polar surface area (TPSA) is 116 Å². The highest BCUT2D eigenvalue weighted by Crippen LogP contribution is 2.24. The van der Waals surface area contributed by atoms with Gasteiger partial charge in [-0.1, -0.05) is 42.5 Å². The summed E-state index contributed by atoms with van der Waals surface area (Å²) >= 11 is 0. The van der Waals surface area contributed by atoms with Gasteiger partial charge in [-0.2, -0.15) is 4.31 Å². The Kier molecular flexibility index (Phi) is 9.24. The molecule has 1 atom stereocenters. The number of sulfonamides is 1. The van der Waals surface area contributed by atoms with Crippen LogP contribution < -0.4 is 4.74 Å². The molecule has 0 aliphatic carbocycles. The Morgan fingerprint density at radius 3 is 2.11 bits per heavy atom. The molecule has 0 bridgehead atoms. The molecule has 0 aliphatic heterocycles. The fourth-order valence-electron chi connectivity index (χ4n) is 3.71. The van der Waals surface area contributed by atoms with E-state index in [2.05, 4.69) is 0 Å². The van der Waals surface area contributed by atoms with Crippen molar-refractivity contribution in [2.45, 2.75) is 50.2 Å². The molecule has 0 radical (unpaired) electrons. The van der Waals surface area contributed by atoms with Gasteiger partial charge >= 0.3 is 5.97 Å². The third-order valence-electron chi connectivity index (χ3n) is 5.69. The molecule has 0 saturated heterocycles. The first-order chi connectivity index (χ1) is 17.9. The van der Waals surface area contributed by atoms with Crippen molar-refractivity contribution >= 4 is 21.7 Å². The van der Waals surface area contributed by atoms with Gasteiger partial charge in [0.2, 0.25) is 10.0 Å². The zero-order chi connectivity index (χ0) is 27.9. The molecule has 0 aliphatic rings. The van der Waals surface area contributed by atoms with Gasteiger partial charge < -0.3 is 9.47 Å². The lowest BCUT2D eigenvalue weighted by atomic mass is 10.1. The molecular weight excluding hydrogens is 508 g/mol. The van der Waals surface area contributed by atoms with Gasteiger partial charge in [-0.05, 0) is 62.6 Å². The summed E-state index contributed by atoms with van der Waals surface area (Å²) in [5, 5.41) is 11.0. The van der Waals surface area contributed by atoms with Crippen LogP contribution in [0.25, 0.3) is 0 Å². The lowest BCUT2D eigenvalue weighted by Gasteiger charge is -2.26. The molecule has 3 aromatic rings. The van der Waals surface area contributed by atoms with Gasteiger partial charge in [0.1, 0.15) is 17.4 Å². The highest BCUT2D eigenvalue weighted by atomic mass is 32.2. The zero-order valence-corrected chi connectivity index (χ0v) is 22.7. The van der Waals surface area contributed by atoms with E-state index in [4.69, 9.17) is 9.47 Å². The number of nitro benzene ring substituents is 1. The molecule has 9 nitrogen and oxygen atoms in total. The maximum atomic E-state index is 13.4. The average molecular weight is 541 g/mol. The number of nitro groups is 1. The molecule has 3 rings (SSSR count). The summed E-state index contributed by atoms with van der Waals surface area (Å²) in [6.45, 7) is 5.88. The first kappa shape index (κ1) is 28.8. The van der Waals surface area contributed by atoms with Crippen molar-refractivity contribution in [3.8, 4) is 5.75 Å². The Morgan fingerprint density at radius 2 is 1.55 bits per heavy atom. The van der Waals surface area contributed by atoms with Crippen molar-refractivity contribution in [2.75, 3.05) is 13.7 Å². The third kappa shape index (κ3) is 7.87. The number of hydrogen-bond acceptors (Lipinski definition) is 7. The van der Waals surface area contributed by atoms with E-state index < -0.39 is 27.0 Å². The number of ether oxygens (including phenoxy) is 2. The van der Waals surface area contributed by atoms with Gasteiger partial charge in [-0.25, -0.2) is 8.42 Å². The van der Waals surface area contributed by atoms with Crippen molar-refractivity contribution in [3.63, 3.8) is 0 Å². The van der Waals surface area contributed by atoms with Crippen molar-refractivity contribution in [2.24, 2.45) is 0 Å². The Balaban J connectivity index is 1.83. The van der Waals surface area contributed by atoms with E-state index in [1.54, 1.807) is 24.3 Å². The maximum Gasteiger partial charge on any atom is 0.324 e. The molecule has 0 fully saturated rings. The highest BCUT2D eigenvalue weighted by molar-refractivity contribution is 7.89. The molecule has 202 valence electrons. The number of esters is 1. The zero-order valence-electron chi connectivity index (χ0n) is 21.9. The predicted molar refractivity (Wildman–Crippen MR) is 143 cm³/mol. The van der Waals surface area contributed by atoms with Crippen LogP contribution in [0.15, 0.2) is 83.8 Å². The Labute approximate surface area is 223 Å². The van der Waals surface area contributed by atoms with Crippen LogP contribution in [0.4, 0.5) is 5.69 Å². The molecule has 3 aromatic carbocycles. The monoisotopic (exact) mass is 540 g/mol. The number of carbonyl (C=O) groups excluding carboxylic acids is 1. The van der Waals surface area contributed by atoms with Crippen LogP contribution in [0.5, 0.6) is 5.75 Å². The number of nitrogens with zero attached hydrogens (tertiary/aromatic N) is 2. The summed E-state index contributed by atoms with van der Waals surface area (Å²) in [6.07, 6.45) is 0.541. The van der Waals surface area contributed by atoms with Crippen molar-refractivity contribution < 1.29 is 27.6 Å². The van der Waals surface area contributed by atoms with Crippen LogP contribution in [-0.2, 0) is 32.4 Å². The standard InChI is InChI=1S/C28H32N2O7S/c1-28(2,3)37-24-14-10-22(11-15-24)20-26(27(31)36-19-18-21-8-6-5-7-9-21)29(4)38(34,35)25-16-12-23(13-17-25)30(32)33/h5-17,26H,18-20H2,1-4H3/t26-/m0/s1. The minimum atomic E-state index is -4.17. The SMILES string of the molecule is CN([C@@H](Cc1ccc(OC(C)(C)C)cc1)C(=O)OCCc1ccccc1)S(=O)(=O)c1ccc([N+](=O)[O-])cc1. The second-order valence-corrected chi connectivity index (χ2v) is 11.8. The molecule has 0 amide bonds. The molecule has 10 heteroatoms. The van der Waals surface area contributed by atoms with Gasteiger partial charge in [0.25, 0.3) is 5.69 Å². The van der Waals surface area contributed by atoms with Gasteiger partial charge in [0.05, 0.1) is 16.4 Å². The molecule has 0 aromatic heterocycles. The number of hydrogen-bond donors (Lipinski definition) is 0. The second-order valence-electron chi connectivity index (χ2n) is 9.75. The molecule has 38 heavy (non-hydrogen) atoms. The quantitative estimate of drug-likeness (QED) is 0.195. The van der Waals surface area contributed by atoms with Gasteiger partial charge in [-0.15, -0.1) is 0 Å². The van der Waals surface area contributed by atoms with Crippen LogP contribution in [0, 0.1) is 10.1 Å². The molecular formula is C28H32N2O7S. The Hall–Kier alpha value is -3.76. The maximum absolute atomic E-state index is 13.4. The largest absolute Gasteiger partial charge is 0.488 e. The highest BCUT2D eigenvalue weighted by Gasteiger charge is 2.34. The molecule has 0 heterocycles. The molecule has 0 N–H and O–H groups in total. The van der Waals surface area contributed by atoms with E-state index in [9.17, 15) is 23.3 Å². The van der Waals surface area contributed by atoms with Crippen molar-refractivity contribution in [1.29, 1.82) is 0 Å². The Morgan fingerprint density at radius 1 is 0.947 bits per heavy atom. The second kappa shape index (κ2) is 12.2. The first-order valence-corrected chi connectivity index (χ1v) is 13.5. The summed E-state index contributed by atoms with van der Waals surface area (Å²) in [5.74, 6) is -0.0426. The first-order valence-electron chi connectivity index (χ1n) is 12.1. The normalized spacial score (nSPS) is 12.7. The van der Waals surface area contributed by atoms with E-state index in [1.807, 2.05) is 51.1 Å². The number of rotatable bonds is 11. The number of carbonyl (C=O) groups is 1. The molecule has 0 spiro atoms. The summed E-state index contributed by atoms with van der Waals surface area (Å²) in [6, 6.07) is 19.9. The minimum absolute atomic E-state index is 0.0582. The lowest BCUT2D eigenvalue weighted by molar-refractivity contribution is -0.384. The van der Waals surface area contributed by atoms with E-state index in [1.165, 1.54) is 7.05 Å². The summed E-state index contributed by atoms with van der Waals surface area (Å²) in [4.78, 5) is 23.4. The number of benzene rings is 3. The van der Waals surface area contributed by atoms with E-state index >= 15 is 0 Å². The smallest absolute Gasteiger partial charge is 0.324 e. The lowest BCUT2D eigenvalue weighted by Crippen LogP contribution is -2.44. The average Bonchev–Trinajstić information content (AvgIpc) is 2.87. The van der Waals surface area contributed by atoms with Crippen molar-refractivity contribution in [3.05, 3.63) is 100 Å². The van der Waals surface area contributed by atoms with Crippen LogP contribution in [0.1, 0.15) is 31.9 Å². The van der Waals surface area contributed by atoms with Crippen LogP contribution in [-0.4, -0.2) is 48.9 Å². The van der Waals surface area contributed by atoms with E-state index in [0.29, 0.717) is 17.7 Å². The minimum Gasteiger partial charge on any atom is -0.488 e. The molecule has 0 saturated carbocycles. The van der Waals surface area contributed by atoms with Crippen molar-refractivity contribution in [1.82, 2.24) is 4.31 Å². The van der Waals surface area contributed by atoms with Crippen LogP contribution in [0.2, 0.25) is 0 Å². The van der Waals surface area contributed by atoms with E-state index in [0.717, 1.165) is 34.1 Å². The fourth-order valence-corrected chi connectivity index (χ4v) is 5.02. The predicted octanol–water partition coefficient (Wildman–Crippen LogP) is 4.79. The summed E-state index contributed by atoms with van der Waals surface area (Å²) in [7, 11) is -2.87. The number of likely N-dealkylation sites (N-methyl/N-ethyl adjacent to an activating group) is 1. The Bertz CT molecular complexity index is 1330. The molecule has 0 unspecified atom stereocenters. The third-order valence-corrected chi connectivity index (χ3v) is 7.57. The van der Waals surface area contributed by atoms with Gasteiger partial charge in [-0.3, -0.25) is 14.9 Å². The fraction of sp³-hybridized carbons (Fsp3) is 0.321. The van der Waals surface area contributed by atoms with Crippen LogP contribution in [0.3, 0.4) is 0 Å². The number of non-ortho nitro benzene ring substituents is 1.